The summed E-state index contributed by atoms with van der Waals surface area (Å²) in [5.41, 5.74) is 0. The third-order valence-corrected chi connectivity index (χ3v) is 84.4. The van der Waals surface area contributed by atoms with Gasteiger partial charge in [-0.15, -0.1) is 0 Å². The van der Waals surface area contributed by atoms with Crippen LogP contribution in [0.1, 0.15) is 13.8 Å². The van der Waals surface area contributed by atoms with Gasteiger partial charge in [0.15, 0.2) is 0 Å². The number of hydrogen-bond donors (Lipinski definition) is 0. The number of halogens is 1. The third-order valence-electron chi connectivity index (χ3n) is 4.05. The van der Waals surface area contributed by atoms with Crippen LogP contribution in [0.3, 0.4) is 0 Å². The summed E-state index contributed by atoms with van der Waals surface area (Å²) in [7, 11) is -5.43. The van der Waals surface area contributed by atoms with E-state index in [-0.39, 0.29) is 0 Å². The Kier molecular flexibility index (Phi) is 8.52. The molecule has 0 saturated carbocycles. The molecule has 0 aromatic rings. The predicted octanol–water partition coefficient (Wildman–Crippen LogP) is 6.71. The summed E-state index contributed by atoms with van der Waals surface area (Å²) in [6.45, 7) is 36.3. The molecule has 0 aromatic carbocycles. The van der Waals surface area contributed by atoms with E-state index >= 15 is 0 Å². The SMILES string of the molecule is C[CH](C)[Sn]([I])([N]([Si](C)(C)C)[Si](C)(C)C)[N]([Si](C)(C)C)[Si](C)(C)C. The van der Waals surface area contributed by atoms with E-state index in [2.05, 4.69) is 116 Å². The number of nitrogens with zero attached hydrogens (tertiary/aromatic N) is 2. The van der Waals surface area contributed by atoms with Crippen LogP contribution in [0.25, 0.3) is 0 Å². The van der Waals surface area contributed by atoms with Gasteiger partial charge in [0.05, 0.1) is 0 Å². The van der Waals surface area contributed by atoms with E-state index in [1.165, 1.54) is 0 Å². The van der Waals surface area contributed by atoms with E-state index in [0.29, 0.717) is 0 Å². The van der Waals surface area contributed by atoms with Crippen molar-refractivity contribution in [3.63, 3.8) is 0 Å². The van der Waals surface area contributed by atoms with Gasteiger partial charge in [-0.25, -0.2) is 0 Å². The van der Waals surface area contributed by atoms with Crippen LogP contribution in [0.5, 0.6) is 0 Å². The zero-order valence-electron chi connectivity index (χ0n) is 18.3. The van der Waals surface area contributed by atoms with Gasteiger partial charge in [-0.1, -0.05) is 0 Å². The first kappa shape index (κ1) is 25.3. The molecule has 0 fully saturated rings. The summed E-state index contributed by atoms with van der Waals surface area (Å²) in [5, 5.41) is 0. The van der Waals surface area contributed by atoms with E-state index < -0.39 is 47.9 Å². The summed E-state index contributed by atoms with van der Waals surface area (Å²) >= 11 is 0.375. The van der Waals surface area contributed by atoms with Crippen LogP contribution in [0, 0.1) is 0 Å². The molecule has 0 heterocycles. The van der Waals surface area contributed by atoms with Crippen LogP contribution >= 0.6 is 18.6 Å². The van der Waals surface area contributed by atoms with Gasteiger partial charge < -0.3 is 0 Å². The second kappa shape index (κ2) is 7.74. The molecule has 0 radical (unpaired) electrons. The van der Waals surface area contributed by atoms with Gasteiger partial charge in [-0.05, 0) is 0 Å². The second-order valence-corrected chi connectivity index (χ2v) is 56.4. The molecule has 8 heteroatoms. The summed E-state index contributed by atoms with van der Waals surface area (Å²) in [4.78, 5) is 0. The molecule has 0 amide bonds. The normalized spacial score (nSPS) is 15.9. The first-order chi connectivity index (χ1) is 9.68. The van der Waals surface area contributed by atoms with Crippen molar-refractivity contribution in [2.24, 2.45) is 0 Å². The van der Waals surface area contributed by atoms with E-state index in [9.17, 15) is 0 Å². The van der Waals surface area contributed by atoms with Gasteiger partial charge in [0.25, 0.3) is 0 Å². The molecule has 0 aromatic heterocycles. The van der Waals surface area contributed by atoms with Gasteiger partial charge in [0.1, 0.15) is 0 Å². The fraction of sp³-hybridized carbons (Fsp3) is 1.00. The van der Waals surface area contributed by atoms with Crippen LogP contribution in [-0.4, -0.2) is 52.8 Å². The maximum atomic E-state index is 3.27. The molecule has 0 aliphatic carbocycles. The fourth-order valence-electron chi connectivity index (χ4n) is 4.51. The first-order valence-corrected chi connectivity index (χ1v) is 35.3. The van der Waals surface area contributed by atoms with Crippen LogP contribution in [0.2, 0.25) is 82.5 Å². The molecular formula is C15H43IN2Si4Sn. The van der Waals surface area contributed by atoms with Crippen molar-refractivity contribution in [3.05, 3.63) is 0 Å². The zero-order chi connectivity index (χ0) is 19.2. The molecule has 0 aliphatic heterocycles. The topological polar surface area (TPSA) is 6.48 Å². The molecule has 0 aliphatic rings. The predicted molar refractivity (Wildman–Crippen MR) is 132 cm³/mol. The van der Waals surface area contributed by atoms with Gasteiger partial charge in [-0.2, -0.15) is 0 Å². The van der Waals surface area contributed by atoms with Crippen LogP contribution in [-0.2, 0) is 0 Å². The Labute approximate surface area is 166 Å². The Morgan fingerprint density at radius 2 is 0.739 bits per heavy atom. The Morgan fingerprint density at radius 3 is 0.826 bits per heavy atom. The molecule has 0 unspecified atom stereocenters. The van der Waals surface area contributed by atoms with Crippen LogP contribution < -0.4 is 0 Å². The summed E-state index contributed by atoms with van der Waals surface area (Å²) < 4.78 is 7.38. The van der Waals surface area contributed by atoms with Crippen molar-refractivity contribution in [2.75, 3.05) is 0 Å². The standard InChI is InChI=1S/2C6H18NSi2.C3H7.HI.Sn/c2*1-8(2,3)7-9(4,5)6;1-3-2;;/h2*1-6H3;3H,1-2H3;1H;/q2*-1;;;+3/p-1. The molecule has 0 bridgehead atoms. The van der Waals surface area contributed by atoms with Crippen molar-refractivity contribution in [1.29, 1.82) is 0 Å². The monoisotopic (exact) mass is 610 g/mol. The minimum absolute atomic E-state index is 0.835. The Morgan fingerprint density at radius 1 is 0.565 bits per heavy atom. The van der Waals surface area contributed by atoms with E-state index in [4.69, 9.17) is 0 Å². The van der Waals surface area contributed by atoms with Crippen LogP contribution in [0.4, 0.5) is 0 Å². The number of rotatable bonds is 7. The fourth-order valence-corrected chi connectivity index (χ4v) is 131. The molecule has 0 atom stereocenters. The average Bonchev–Trinajstić information content (AvgIpc) is 2.05. The molecule has 23 heavy (non-hydrogen) atoms. The van der Waals surface area contributed by atoms with Gasteiger partial charge in [-0.3, -0.25) is 0 Å². The van der Waals surface area contributed by atoms with Crippen molar-refractivity contribution in [3.8, 4) is 0 Å². The minimum atomic E-state index is -2.72. The van der Waals surface area contributed by atoms with Crippen molar-refractivity contribution < 1.29 is 0 Å². The summed E-state index contributed by atoms with van der Waals surface area (Å²) in [5.74, 6) is 0. The zero-order valence-corrected chi connectivity index (χ0v) is 27.4. The Bertz CT molecular complexity index is 346. The molecule has 0 rings (SSSR count). The molecule has 2 nitrogen and oxygen atoms in total. The number of hydrogen-bond acceptors (Lipinski definition) is 2. The van der Waals surface area contributed by atoms with Crippen molar-refractivity contribution >= 4 is 66.5 Å². The van der Waals surface area contributed by atoms with E-state index in [1.54, 1.807) is 0 Å². The molecule has 0 saturated heterocycles. The van der Waals surface area contributed by atoms with E-state index in [0.717, 1.165) is 3.93 Å². The third kappa shape index (κ3) is 6.17. The van der Waals surface area contributed by atoms with Crippen molar-refractivity contribution in [1.82, 2.24) is 4.91 Å². The quantitative estimate of drug-likeness (QED) is 0.234. The first-order valence-electron chi connectivity index (χ1n) is 8.97. The van der Waals surface area contributed by atoms with Gasteiger partial charge in [0.2, 0.25) is 0 Å². The van der Waals surface area contributed by atoms with Crippen LogP contribution in [0.15, 0.2) is 0 Å². The molecule has 140 valence electrons. The molecule has 0 spiro atoms. The molecular weight excluding hydrogens is 566 g/mol. The average molecular weight is 609 g/mol. The Balaban J connectivity index is 6.69. The summed E-state index contributed by atoms with van der Waals surface area (Å²) in [6.07, 6.45) is 0. The van der Waals surface area contributed by atoms with Gasteiger partial charge >= 0.3 is 168 Å². The maximum absolute atomic E-state index is 3.27. The second-order valence-electron chi connectivity index (χ2n) is 11.1. The van der Waals surface area contributed by atoms with E-state index in [1.807, 2.05) is 0 Å². The Hall–Kier alpha value is 2.32. The van der Waals surface area contributed by atoms with Crippen molar-refractivity contribution in [2.45, 2.75) is 96.3 Å². The van der Waals surface area contributed by atoms with Gasteiger partial charge in [0, 0.05) is 0 Å². The summed E-state index contributed by atoms with van der Waals surface area (Å²) in [6, 6.07) is 0. The molecule has 0 N–H and O–H groups in total.